The van der Waals surface area contributed by atoms with Crippen LogP contribution in [0.15, 0.2) is 18.2 Å². The first-order valence-corrected chi connectivity index (χ1v) is 8.15. The topological polar surface area (TPSA) is 86.5 Å². The van der Waals surface area contributed by atoms with Crippen LogP contribution in [0.3, 0.4) is 0 Å². The Hall–Kier alpha value is -1.68. The molecule has 0 aromatic heterocycles. The van der Waals surface area contributed by atoms with Crippen LogP contribution in [0.4, 0.5) is 5.69 Å². The fraction of sp³-hybridized carbons (Fsp3) is 0.417. The molecule has 0 bridgehead atoms. The molecule has 0 atom stereocenters. The smallest absolute Gasteiger partial charge is 0.311 e. The Bertz CT molecular complexity index is 521. The molecular formula is C12H16NO5P. The minimum Gasteiger partial charge on any atom is -0.479 e. The maximum absolute atomic E-state index is 12.2. The first-order valence-electron chi connectivity index (χ1n) is 5.89. The lowest BCUT2D eigenvalue weighted by Gasteiger charge is -2.15. The van der Waals surface area contributed by atoms with Crippen molar-refractivity contribution in [1.29, 1.82) is 0 Å². The van der Waals surface area contributed by atoms with Gasteiger partial charge >= 0.3 is 5.69 Å². The summed E-state index contributed by atoms with van der Waals surface area (Å²) in [6.45, 7) is 3.61. The molecule has 19 heavy (non-hydrogen) atoms. The number of nitrogens with zero attached hydrogens (tertiary/aromatic N) is 1. The molecule has 104 valence electrons. The van der Waals surface area contributed by atoms with Crippen molar-refractivity contribution in [2.75, 3.05) is 18.7 Å². The van der Waals surface area contributed by atoms with Gasteiger partial charge in [0.15, 0.2) is 5.75 Å². The van der Waals surface area contributed by atoms with Gasteiger partial charge in [-0.1, -0.05) is 13.8 Å². The molecule has 0 saturated heterocycles. The van der Waals surface area contributed by atoms with Gasteiger partial charge < -0.3 is 9.30 Å². The summed E-state index contributed by atoms with van der Waals surface area (Å²) in [6.07, 6.45) is 1.48. The molecule has 1 aromatic carbocycles. The summed E-state index contributed by atoms with van der Waals surface area (Å²) in [6, 6.07) is 3.93. The second kappa shape index (κ2) is 6.48. The second-order valence-corrected chi connectivity index (χ2v) is 7.71. The van der Waals surface area contributed by atoms with Crippen molar-refractivity contribution < 1.29 is 19.0 Å². The van der Waals surface area contributed by atoms with Gasteiger partial charge in [-0.2, -0.15) is 0 Å². The lowest BCUT2D eigenvalue weighted by Crippen LogP contribution is -2.05. The van der Waals surface area contributed by atoms with E-state index >= 15 is 0 Å². The number of aldehydes is 1. The molecule has 0 N–H and O–H groups in total. The zero-order chi connectivity index (χ0) is 14.5. The normalized spacial score (nSPS) is 11.1. The van der Waals surface area contributed by atoms with E-state index in [9.17, 15) is 19.5 Å². The fourth-order valence-electron chi connectivity index (χ4n) is 1.47. The average molecular weight is 285 g/mol. The minimum atomic E-state index is -2.43. The van der Waals surface area contributed by atoms with Crippen molar-refractivity contribution in [3.05, 3.63) is 33.9 Å². The highest BCUT2D eigenvalue weighted by molar-refractivity contribution is 7.63. The summed E-state index contributed by atoms with van der Waals surface area (Å²) in [5, 5.41) is 10.9. The number of ether oxygens (including phenoxy) is 1. The zero-order valence-electron chi connectivity index (χ0n) is 10.9. The van der Waals surface area contributed by atoms with E-state index in [1.807, 2.05) is 0 Å². The van der Waals surface area contributed by atoms with Crippen LogP contribution in [0.2, 0.25) is 0 Å². The molecule has 7 heteroatoms. The summed E-state index contributed by atoms with van der Waals surface area (Å²) in [4.78, 5) is 20.9. The third-order valence-corrected chi connectivity index (χ3v) is 5.83. The maximum Gasteiger partial charge on any atom is 0.311 e. The van der Waals surface area contributed by atoms with Crippen LogP contribution in [0.1, 0.15) is 24.2 Å². The maximum atomic E-state index is 12.2. The molecule has 0 aliphatic heterocycles. The Kier molecular flexibility index (Phi) is 5.24. The van der Waals surface area contributed by atoms with Crippen molar-refractivity contribution in [2.45, 2.75) is 13.8 Å². The molecule has 0 unspecified atom stereocenters. The van der Waals surface area contributed by atoms with Crippen molar-refractivity contribution in [2.24, 2.45) is 0 Å². The van der Waals surface area contributed by atoms with E-state index in [2.05, 4.69) is 0 Å². The van der Waals surface area contributed by atoms with E-state index in [0.29, 0.717) is 18.6 Å². The quantitative estimate of drug-likeness (QED) is 0.332. The number of benzene rings is 1. The number of carbonyl (C=O) groups excluding carboxylic acids is 1. The predicted molar refractivity (Wildman–Crippen MR) is 72.7 cm³/mol. The molecule has 0 aliphatic carbocycles. The van der Waals surface area contributed by atoms with Gasteiger partial charge in [-0.05, 0) is 12.1 Å². The Balaban J connectivity index is 2.98. The van der Waals surface area contributed by atoms with Gasteiger partial charge in [0.1, 0.15) is 19.8 Å². The number of nitro groups is 1. The van der Waals surface area contributed by atoms with E-state index in [0.717, 1.165) is 6.07 Å². The minimum absolute atomic E-state index is 0.0265. The second-order valence-electron chi connectivity index (χ2n) is 4.07. The molecule has 1 aromatic rings. The van der Waals surface area contributed by atoms with Crippen LogP contribution < -0.4 is 4.74 Å². The van der Waals surface area contributed by atoms with Gasteiger partial charge in [-0.25, -0.2) is 0 Å². The average Bonchev–Trinajstić information content (AvgIpc) is 2.44. The molecule has 0 amide bonds. The monoisotopic (exact) mass is 285 g/mol. The van der Waals surface area contributed by atoms with Crippen LogP contribution in [-0.4, -0.2) is 29.9 Å². The third kappa shape index (κ3) is 3.89. The summed E-state index contributed by atoms with van der Waals surface area (Å²) < 4.78 is 17.5. The van der Waals surface area contributed by atoms with E-state index in [-0.39, 0.29) is 23.3 Å². The Morgan fingerprint density at radius 2 is 2.00 bits per heavy atom. The van der Waals surface area contributed by atoms with Crippen molar-refractivity contribution in [3.63, 3.8) is 0 Å². The molecule has 0 fully saturated rings. The molecule has 6 nitrogen and oxygen atoms in total. The Labute approximate surface area is 111 Å². The summed E-state index contributed by atoms with van der Waals surface area (Å²) >= 11 is 0. The van der Waals surface area contributed by atoms with Gasteiger partial charge in [-0.15, -0.1) is 0 Å². The van der Waals surface area contributed by atoms with Crippen molar-refractivity contribution in [3.8, 4) is 5.75 Å². The van der Waals surface area contributed by atoms with Gasteiger partial charge in [0.05, 0.1) is 4.92 Å². The third-order valence-electron chi connectivity index (χ3n) is 2.92. The first-order chi connectivity index (χ1) is 8.95. The standard InChI is InChI=1S/C12H16NO5P/c1-3-19(17,4-2)9-18-12-6-5-10(8-14)7-11(12)13(15)16/h5-8H,3-4,9H2,1-2H3. The van der Waals surface area contributed by atoms with Crippen LogP contribution >= 0.6 is 7.14 Å². The molecule has 0 radical (unpaired) electrons. The van der Waals surface area contributed by atoms with E-state index < -0.39 is 12.1 Å². The highest BCUT2D eigenvalue weighted by Crippen LogP contribution is 2.45. The Morgan fingerprint density at radius 1 is 1.37 bits per heavy atom. The SMILES string of the molecule is CCP(=O)(CC)COc1ccc(C=O)cc1[N+](=O)[O-]. The Morgan fingerprint density at radius 3 is 2.47 bits per heavy atom. The molecular weight excluding hydrogens is 269 g/mol. The first kappa shape index (κ1) is 15.4. The van der Waals surface area contributed by atoms with Crippen LogP contribution in [-0.2, 0) is 4.57 Å². The van der Waals surface area contributed by atoms with E-state index in [4.69, 9.17) is 4.74 Å². The number of hydrogen-bond acceptors (Lipinski definition) is 5. The number of nitro benzene ring substituents is 1. The van der Waals surface area contributed by atoms with E-state index in [1.54, 1.807) is 13.8 Å². The van der Waals surface area contributed by atoms with Crippen molar-refractivity contribution in [1.82, 2.24) is 0 Å². The van der Waals surface area contributed by atoms with Gasteiger partial charge in [-0.3, -0.25) is 14.9 Å². The van der Waals surface area contributed by atoms with Crippen LogP contribution in [0, 0.1) is 10.1 Å². The van der Waals surface area contributed by atoms with E-state index in [1.165, 1.54) is 12.1 Å². The fourth-order valence-corrected chi connectivity index (χ4v) is 2.65. The number of rotatable bonds is 7. The molecule has 1 rings (SSSR count). The zero-order valence-corrected chi connectivity index (χ0v) is 11.8. The van der Waals surface area contributed by atoms with Crippen LogP contribution in [0.5, 0.6) is 5.75 Å². The lowest BCUT2D eigenvalue weighted by molar-refractivity contribution is -0.385. The van der Waals surface area contributed by atoms with Gasteiger partial charge in [0.2, 0.25) is 0 Å². The molecule has 0 saturated carbocycles. The molecule has 0 spiro atoms. The highest BCUT2D eigenvalue weighted by Gasteiger charge is 2.21. The van der Waals surface area contributed by atoms with Crippen molar-refractivity contribution >= 4 is 19.1 Å². The largest absolute Gasteiger partial charge is 0.479 e. The molecule has 0 heterocycles. The number of hydrogen-bond donors (Lipinski definition) is 0. The predicted octanol–water partition coefficient (Wildman–Crippen LogP) is 3.15. The lowest BCUT2D eigenvalue weighted by atomic mass is 10.2. The van der Waals surface area contributed by atoms with Crippen LogP contribution in [0.25, 0.3) is 0 Å². The van der Waals surface area contributed by atoms with Gasteiger partial charge in [0.25, 0.3) is 0 Å². The van der Waals surface area contributed by atoms with Gasteiger partial charge in [0, 0.05) is 24.0 Å². The highest BCUT2D eigenvalue weighted by atomic mass is 31.2. The number of carbonyl (C=O) groups is 1. The summed E-state index contributed by atoms with van der Waals surface area (Å²) in [5.41, 5.74) is -0.0865. The summed E-state index contributed by atoms with van der Waals surface area (Å²) in [7, 11) is -2.43. The summed E-state index contributed by atoms with van der Waals surface area (Å²) in [5.74, 6) is 0.0396. The molecule has 0 aliphatic rings.